The monoisotopic (exact) mass is 478 g/mol. The molecule has 0 spiro atoms. The fraction of sp³-hybridized carbons (Fsp3) is 0.433. The Morgan fingerprint density at radius 1 is 1.14 bits per heavy atom. The number of nitrogens with zero attached hydrogens (tertiary/aromatic N) is 1. The lowest BCUT2D eigenvalue weighted by atomic mass is 9.92. The molecule has 0 aliphatic heterocycles. The highest BCUT2D eigenvalue weighted by Crippen LogP contribution is 2.27. The number of nitrogens with one attached hydrogen (secondary N) is 1. The largest absolute Gasteiger partial charge is 0.444 e. The van der Waals surface area contributed by atoms with Crippen LogP contribution in [0.1, 0.15) is 86.3 Å². The van der Waals surface area contributed by atoms with Gasteiger partial charge >= 0.3 is 6.09 Å². The van der Waals surface area contributed by atoms with Gasteiger partial charge in [0.15, 0.2) is 5.78 Å². The molecule has 5 nitrogen and oxygen atoms in total. The van der Waals surface area contributed by atoms with Crippen LogP contribution in [0, 0.1) is 6.92 Å². The van der Waals surface area contributed by atoms with Crippen molar-refractivity contribution >= 4 is 23.8 Å². The maximum Gasteiger partial charge on any atom is 0.413 e. The molecule has 0 saturated carbocycles. The summed E-state index contributed by atoms with van der Waals surface area (Å²) in [4.78, 5) is 28.8. The van der Waals surface area contributed by atoms with E-state index < -0.39 is 11.7 Å². The SMILES string of the molecule is C/C=C(C(\C)=C/C(C(C)=O)=C(\C)CC)/C(/C=C/CC)=C/c1cnc(NC(=O)OC(C)(C)C)cc1C. The molecule has 35 heavy (non-hydrogen) atoms. The Morgan fingerprint density at radius 2 is 1.80 bits per heavy atom. The van der Waals surface area contributed by atoms with Crippen LogP contribution in [-0.4, -0.2) is 22.5 Å². The molecule has 0 aliphatic rings. The van der Waals surface area contributed by atoms with Crippen LogP contribution in [0.3, 0.4) is 0 Å². The number of Topliss-reactive ketones (excluding diaryl/α,β-unsaturated/α-hetero) is 1. The van der Waals surface area contributed by atoms with Crippen LogP contribution >= 0.6 is 0 Å². The molecule has 1 N–H and O–H groups in total. The Balaban J connectivity index is 3.43. The first-order chi connectivity index (χ1) is 16.3. The Kier molecular flexibility index (Phi) is 11.6. The summed E-state index contributed by atoms with van der Waals surface area (Å²) < 4.78 is 5.31. The summed E-state index contributed by atoms with van der Waals surface area (Å²) in [6.07, 6.45) is 13.3. The molecular weight excluding hydrogens is 436 g/mol. The van der Waals surface area contributed by atoms with E-state index in [0.29, 0.717) is 5.82 Å². The average molecular weight is 479 g/mol. The zero-order chi connectivity index (χ0) is 26.8. The van der Waals surface area contributed by atoms with Crippen LogP contribution in [0.2, 0.25) is 0 Å². The van der Waals surface area contributed by atoms with Crippen LogP contribution in [0.25, 0.3) is 6.08 Å². The smallest absolute Gasteiger partial charge is 0.413 e. The number of hydrogen-bond acceptors (Lipinski definition) is 4. The minimum atomic E-state index is -0.580. The second kappa shape index (κ2) is 13.6. The number of aryl methyl sites for hydroxylation is 1. The maximum atomic E-state index is 12.3. The van der Waals surface area contributed by atoms with E-state index >= 15 is 0 Å². The molecule has 0 unspecified atom stereocenters. The van der Waals surface area contributed by atoms with Crippen LogP contribution in [0.15, 0.2) is 64.4 Å². The van der Waals surface area contributed by atoms with E-state index in [-0.39, 0.29) is 5.78 Å². The highest BCUT2D eigenvalue weighted by molar-refractivity contribution is 5.97. The first-order valence-corrected chi connectivity index (χ1v) is 12.2. The van der Waals surface area contributed by atoms with Crippen molar-refractivity contribution in [1.82, 2.24) is 4.98 Å². The van der Waals surface area contributed by atoms with Crippen molar-refractivity contribution in [2.24, 2.45) is 0 Å². The zero-order valence-electron chi connectivity index (χ0n) is 23.1. The average Bonchev–Trinajstić information content (AvgIpc) is 2.75. The van der Waals surface area contributed by atoms with Gasteiger partial charge in [0.25, 0.3) is 0 Å². The predicted molar refractivity (Wildman–Crippen MR) is 147 cm³/mol. The molecule has 1 amide bonds. The van der Waals surface area contributed by atoms with Crippen molar-refractivity contribution in [1.29, 1.82) is 0 Å². The fourth-order valence-corrected chi connectivity index (χ4v) is 3.45. The van der Waals surface area contributed by atoms with Crippen molar-refractivity contribution in [3.63, 3.8) is 0 Å². The third kappa shape index (κ3) is 9.89. The van der Waals surface area contributed by atoms with Gasteiger partial charge in [0.1, 0.15) is 11.4 Å². The van der Waals surface area contributed by atoms with Gasteiger partial charge in [0.05, 0.1) is 0 Å². The summed E-state index contributed by atoms with van der Waals surface area (Å²) in [6, 6.07) is 1.83. The van der Waals surface area contributed by atoms with E-state index in [0.717, 1.165) is 51.8 Å². The second-order valence-corrected chi connectivity index (χ2v) is 9.60. The summed E-state index contributed by atoms with van der Waals surface area (Å²) in [6.45, 7) is 19.2. The summed E-state index contributed by atoms with van der Waals surface area (Å²) in [7, 11) is 0. The normalized spacial score (nSPS) is 14.2. The number of amides is 1. The second-order valence-electron chi connectivity index (χ2n) is 9.60. The summed E-state index contributed by atoms with van der Waals surface area (Å²) >= 11 is 0. The molecule has 1 rings (SSSR count). The summed E-state index contributed by atoms with van der Waals surface area (Å²) in [5.74, 6) is 0.509. The molecule has 0 fully saturated rings. The molecule has 5 heteroatoms. The van der Waals surface area contributed by atoms with Gasteiger partial charge in [0, 0.05) is 11.8 Å². The molecule has 0 radical (unpaired) electrons. The number of carbonyl (C=O) groups excluding carboxylic acids is 2. The minimum absolute atomic E-state index is 0.0712. The lowest BCUT2D eigenvalue weighted by molar-refractivity contribution is -0.113. The molecule has 0 bridgehead atoms. The Labute approximate surface area is 211 Å². The van der Waals surface area contributed by atoms with Crippen LogP contribution in [-0.2, 0) is 9.53 Å². The number of hydrogen-bond donors (Lipinski definition) is 1. The molecule has 0 atom stereocenters. The highest BCUT2D eigenvalue weighted by atomic mass is 16.6. The van der Waals surface area contributed by atoms with Gasteiger partial charge in [0.2, 0.25) is 0 Å². The first-order valence-electron chi connectivity index (χ1n) is 12.2. The predicted octanol–water partition coefficient (Wildman–Crippen LogP) is 8.29. The molecule has 1 aromatic heterocycles. The van der Waals surface area contributed by atoms with Gasteiger partial charge in [-0.25, -0.2) is 9.78 Å². The van der Waals surface area contributed by atoms with Crippen LogP contribution in [0.5, 0.6) is 0 Å². The van der Waals surface area contributed by atoms with Gasteiger partial charge in [-0.1, -0.05) is 37.6 Å². The van der Waals surface area contributed by atoms with E-state index in [1.807, 2.05) is 60.6 Å². The number of carbonyl (C=O) groups is 2. The number of anilines is 1. The van der Waals surface area contributed by atoms with Crippen molar-refractivity contribution in [3.8, 4) is 0 Å². The van der Waals surface area contributed by atoms with Crippen molar-refractivity contribution in [2.45, 2.75) is 87.7 Å². The third-order valence-electron chi connectivity index (χ3n) is 5.38. The van der Waals surface area contributed by atoms with Gasteiger partial charge in [-0.3, -0.25) is 10.1 Å². The van der Waals surface area contributed by atoms with Gasteiger partial charge in [-0.05, 0) is 114 Å². The maximum absolute atomic E-state index is 12.3. The number of aromatic nitrogens is 1. The van der Waals surface area contributed by atoms with Gasteiger partial charge in [-0.15, -0.1) is 0 Å². The Morgan fingerprint density at radius 3 is 2.29 bits per heavy atom. The van der Waals surface area contributed by atoms with E-state index in [1.54, 1.807) is 13.1 Å². The van der Waals surface area contributed by atoms with Crippen LogP contribution in [0.4, 0.5) is 10.6 Å². The molecule has 0 aromatic carbocycles. The third-order valence-corrected chi connectivity index (χ3v) is 5.38. The highest BCUT2D eigenvalue weighted by Gasteiger charge is 2.17. The van der Waals surface area contributed by atoms with Gasteiger partial charge < -0.3 is 4.74 Å². The van der Waals surface area contributed by atoms with Crippen LogP contribution < -0.4 is 5.32 Å². The van der Waals surface area contributed by atoms with E-state index in [9.17, 15) is 9.59 Å². The number of rotatable bonds is 9. The van der Waals surface area contributed by atoms with Crippen molar-refractivity contribution < 1.29 is 14.3 Å². The standard InChI is InChI=1S/C30H42N2O3/c1-11-14-15-24(26(13-3)22(6)16-27(23(7)33)20(4)12-2)18-25-19-31-28(17-21(25)5)32-29(34)35-30(8,9)10/h13-19H,11-12H2,1-10H3,(H,31,32,34)/b15-14+,22-16-,24-18+,26-13+,27-20-. The minimum Gasteiger partial charge on any atom is -0.444 e. The topological polar surface area (TPSA) is 68.3 Å². The summed E-state index contributed by atoms with van der Waals surface area (Å²) in [5.41, 5.74) is 6.26. The van der Waals surface area contributed by atoms with E-state index in [4.69, 9.17) is 4.74 Å². The number of ketones is 1. The molecule has 0 saturated heterocycles. The van der Waals surface area contributed by atoms with E-state index in [1.165, 1.54) is 0 Å². The molecule has 190 valence electrons. The zero-order valence-corrected chi connectivity index (χ0v) is 23.1. The first kappa shape index (κ1) is 29.8. The van der Waals surface area contributed by atoms with E-state index in [2.05, 4.69) is 48.5 Å². The quantitative estimate of drug-likeness (QED) is 0.286. The lowest BCUT2D eigenvalue weighted by Crippen LogP contribution is -2.27. The van der Waals surface area contributed by atoms with Crippen molar-refractivity contribution in [2.75, 3.05) is 5.32 Å². The van der Waals surface area contributed by atoms with Gasteiger partial charge in [-0.2, -0.15) is 0 Å². The molecule has 1 aromatic rings. The lowest BCUT2D eigenvalue weighted by Gasteiger charge is -2.19. The molecule has 1 heterocycles. The Hall–Kier alpha value is -3.21. The van der Waals surface area contributed by atoms with Crippen molar-refractivity contribution in [3.05, 3.63) is 75.6 Å². The number of ether oxygens (including phenoxy) is 1. The molecule has 0 aliphatic carbocycles. The summed E-state index contributed by atoms with van der Waals surface area (Å²) in [5, 5.41) is 2.69. The Bertz CT molecular complexity index is 1080. The molecular formula is C30H42N2O3. The number of allylic oxidation sites excluding steroid dienone is 9. The number of pyridine rings is 1. The fourth-order valence-electron chi connectivity index (χ4n) is 3.45.